The fourth-order valence-corrected chi connectivity index (χ4v) is 2.68. The number of aryl methyl sites for hydroxylation is 1. The molecule has 21 heavy (non-hydrogen) atoms. The third-order valence-corrected chi connectivity index (χ3v) is 3.76. The van der Waals surface area contributed by atoms with Crippen LogP contribution >= 0.6 is 11.6 Å². The topological polar surface area (TPSA) is 34.9 Å². The van der Waals surface area contributed by atoms with Crippen molar-refractivity contribution in [3.63, 3.8) is 0 Å². The number of ketones is 1. The maximum Gasteiger partial charge on any atom is 0.144 e. The minimum absolute atomic E-state index is 0.135. The van der Waals surface area contributed by atoms with Gasteiger partial charge in [-0.15, -0.1) is 0 Å². The Bertz CT molecular complexity index is 807. The summed E-state index contributed by atoms with van der Waals surface area (Å²) in [6, 6.07) is 15.3. The molecule has 0 saturated carbocycles. The van der Waals surface area contributed by atoms with Crippen molar-refractivity contribution in [3.8, 4) is 0 Å². The first kappa shape index (κ1) is 13.8. The second kappa shape index (κ2) is 5.70. The summed E-state index contributed by atoms with van der Waals surface area (Å²) in [7, 11) is 1.94. The van der Waals surface area contributed by atoms with Crippen LogP contribution in [-0.2, 0) is 24.7 Å². The number of benzene rings is 2. The number of nitrogens with zero attached hydrogens (tertiary/aromatic N) is 2. The number of carbonyl (C=O) groups is 1. The second-order valence-corrected chi connectivity index (χ2v) is 5.53. The Kier molecular flexibility index (Phi) is 3.76. The van der Waals surface area contributed by atoms with Crippen molar-refractivity contribution >= 4 is 28.4 Å². The average Bonchev–Trinajstić information content (AvgIpc) is 2.76. The number of imidazole rings is 1. The normalized spacial score (nSPS) is 11.0. The first-order valence-corrected chi connectivity index (χ1v) is 7.18. The molecule has 0 saturated heterocycles. The Morgan fingerprint density at radius 3 is 2.71 bits per heavy atom. The smallest absolute Gasteiger partial charge is 0.144 e. The molecule has 0 bridgehead atoms. The van der Waals surface area contributed by atoms with Gasteiger partial charge in [-0.1, -0.05) is 35.9 Å². The molecular weight excluding hydrogens is 284 g/mol. The van der Waals surface area contributed by atoms with Gasteiger partial charge in [0.2, 0.25) is 0 Å². The van der Waals surface area contributed by atoms with E-state index >= 15 is 0 Å². The monoisotopic (exact) mass is 298 g/mol. The minimum atomic E-state index is 0.135. The number of hydrogen-bond donors (Lipinski definition) is 0. The zero-order valence-corrected chi connectivity index (χ0v) is 12.5. The number of rotatable bonds is 4. The van der Waals surface area contributed by atoms with Gasteiger partial charge in [-0.05, 0) is 29.8 Å². The third kappa shape index (κ3) is 2.98. The van der Waals surface area contributed by atoms with Gasteiger partial charge in [-0.3, -0.25) is 4.79 Å². The second-order valence-electron chi connectivity index (χ2n) is 5.10. The van der Waals surface area contributed by atoms with Crippen molar-refractivity contribution in [1.82, 2.24) is 9.55 Å². The highest BCUT2D eigenvalue weighted by atomic mass is 35.5. The molecule has 0 radical (unpaired) electrons. The molecule has 1 heterocycles. The first-order chi connectivity index (χ1) is 10.1. The van der Waals surface area contributed by atoms with Crippen LogP contribution in [0, 0.1) is 0 Å². The molecule has 0 aliphatic rings. The fourth-order valence-electron chi connectivity index (χ4n) is 2.47. The molecule has 4 heteroatoms. The van der Waals surface area contributed by atoms with E-state index in [0.717, 1.165) is 22.4 Å². The van der Waals surface area contributed by atoms with E-state index in [0.29, 0.717) is 17.9 Å². The highest BCUT2D eigenvalue weighted by Crippen LogP contribution is 2.16. The highest BCUT2D eigenvalue weighted by molar-refractivity contribution is 6.30. The van der Waals surface area contributed by atoms with Gasteiger partial charge < -0.3 is 4.57 Å². The zero-order valence-electron chi connectivity index (χ0n) is 11.7. The van der Waals surface area contributed by atoms with Crippen LogP contribution in [-0.4, -0.2) is 15.3 Å². The minimum Gasteiger partial charge on any atom is -0.331 e. The molecule has 3 rings (SSSR count). The lowest BCUT2D eigenvalue weighted by Gasteiger charge is -2.03. The van der Waals surface area contributed by atoms with Crippen LogP contribution in [0.25, 0.3) is 11.0 Å². The molecule has 1 aromatic heterocycles. The maximum absolute atomic E-state index is 12.2. The number of fused-ring (bicyclic) bond motifs is 1. The summed E-state index contributed by atoms with van der Waals surface area (Å²) in [5.74, 6) is 0.930. The SMILES string of the molecule is Cn1c(CC(=O)Cc2cccc(Cl)c2)nc2ccccc21. The summed E-state index contributed by atoms with van der Waals surface area (Å²) in [4.78, 5) is 16.8. The highest BCUT2D eigenvalue weighted by Gasteiger charge is 2.12. The Labute approximate surface area is 128 Å². The zero-order chi connectivity index (χ0) is 14.8. The van der Waals surface area contributed by atoms with Crippen molar-refractivity contribution in [3.05, 3.63) is 64.9 Å². The van der Waals surface area contributed by atoms with Gasteiger partial charge >= 0.3 is 0 Å². The largest absolute Gasteiger partial charge is 0.331 e. The molecule has 0 unspecified atom stereocenters. The summed E-state index contributed by atoms with van der Waals surface area (Å²) in [5, 5.41) is 0.656. The van der Waals surface area contributed by atoms with E-state index in [1.165, 1.54) is 0 Å². The summed E-state index contributed by atoms with van der Waals surface area (Å²) < 4.78 is 1.98. The summed E-state index contributed by atoms with van der Waals surface area (Å²) in [5.41, 5.74) is 2.90. The van der Waals surface area contributed by atoms with Crippen LogP contribution in [0.1, 0.15) is 11.4 Å². The Morgan fingerprint density at radius 1 is 1.14 bits per heavy atom. The molecule has 0 N–H and O–H groups in total. The van der Waals surface area contributed by atoms with Crippen LogP contribution in [0.3, 0.4) is 0 Å². The fraction of sp³-hybridized carbons (Fsp3) is 0.176. The molecule has 2 aromatic carbocycles. The van der Waals surface area contributed by atoms with Gasteiger partial charge in [-0.25, -0.2) is 4.98 Å². The van der Waals surface area contributed by atoms with Gasteiger partial charge in [0.1, 0.15) is 11.6 Å². The van der Waals surface area contributed by atoms with E-state index in [1.807, 2.05) is 54.1 Å². The molecule has 0 amide bonds. The molecule has 0 fully saturated rings. The predicted molar refractivity (Wildman–Crippen MR) is 84.6 cm³/mol. The summed E-state index contributed by atoms with van der Waals surface area (Å²) >= 11 is 5.94. The molecule has 3 nitrogen and oxygen atoms in total. The van der Waals surface area contributed by atoms with E-state index in [1.54, 1.807) is 6.07 Å². The van der Waals surface area contributed by atoms with E-state index < -0.39 is 0 Å². The van der Waals surface area contributed by atoms with Gasteiger partial charge in [0.15, 0.2) is 0 Å². The van der Waals surface area contributed by atoms with Crippen LogP contribution in [0.2, 0.25) is 5.02 Å². The Hall–Kier alpha value is -2.13. The molecule has 0 aliphatic carbocycles. The molecule has 3 aromatic rings. The summed E-state index contributed by atoms with van der Waals surface area (Å²) in [6.07, 6.45) is 0.710. The molecule has 106 valence electrons. The lowest BCUT2D eigenvalue weighted by atomic mass is 10.1. The number of halogens is 1. The number of aromatic nitrogens is 2. The van der Waals surface area contributed by atoms with Crippen molar-refractivity contribution in [1.29, 1.82) is 0 Å². The van der Waals surface area contributed by atoms with Crippen molar-refractivity contribution in [2.24, 2.45) is 7.05 Å². The number of Topliss-reactive ketones (excluding diaryl/α,β-unsaturated/α-hetero) is 1. The lowest BCUT2D eigenvalue weighted by molar-refractivity contribution is -0.117. The molecule has 0 atom stereocenters. The number of carbonyl (C=O) groups excluding carboxylic acids is 1. The van der Waals surface area contributed by atoms with E-state index in [4.69, 9.17) is 11.6 Å². The van der Waals surface area contributed by atoms with Crippen LogP contribution in [0.15, 0.2) is 48.5 Å². The molecule has 0 aliphatic heterocycles. The van der Waals surface area contributed by atoms with Gasteiger partial charge in [0, 0.05) is 18.5 Å². The summed E-state index contributed by atoms with van der Waals surface area (Å²) in [6.45, 7) is 0. The van der Waals surface area contributed by atoms with Crippen LogP contribution in [0.5, 0.6) is 0 Å². The lowest BCUT2D eigenvalue weighted by Crippen LogP contribution is -2.10. The number of hydrogen-bond acceptors (Lipinski definition) is 2. The van der Waals surface area contributed by atoms with Gasteiger partial charge in [0.05, 0.1) is 17.5 Å². The Morgan fingerprint density at radius 2 is 1.95 bits per heavy atom. The van der Waals surface area contributed by atoms with Crippen molar-refractivity contribution < 1.29 is 4.79 Å². The van der Waals surface area contributed by atoms with E-state index in [-0.39, 0.29) is 5.78 Å². The maximum atomic E-state index is 12.2. The van der Waals surface area contributed by atoms with Gasteiger partial charge in [0.25, 0.3) is 0 Å². The van der Waals surface area contributed by atoms with E-state index in [9.17, 15) is 4.79 Å². The Balaban J connectivity index is 1.79. The van der Waals surface area contributed by atoms with Crippen LogP contribution < -0.4 is 0 Å². The predicted octanol–water partition coefficient (Wildman–Crippen LogP) is 3.58. The quantitative estimate of drug-likeness (QED) is 0.738. The van der Waals surface area contributed by atoms with Gasteiger partial charge in [-0.2, -0.15) is 0 Å². The first-order valence-electron chi connectivity index (χ1n) is 6.80. The standard InChI is InChI=1S/C17H15ClN2O/c1-20-16-8-3-2-7-15(16)19-17(20)11-14(21)10-12-5-4-6-13(18)9-12/h2-9H,10-11H2,1H3. The van der Waals surface area contributed by atoms with E-state index in [2.05, 4.69) is 4.98 Å². The molecule has 0 spiro atoms. The van der Waals surface area contributed by atoms with Crippen LogP contribution in [0.4, 0.5) is 0 Å². The van der Waals surface area contributed by atoms with Crippen molar-refractivity contribution in [2.75, 3.05) is 0 Å². The third-order valence-electron chi connectivity index (χ3n) is 3.53. The average molecular weight is 299 g/mol. The molecular formula is C17H15ClN2O. The van der Waals surface area contributed by atoms with Crippen molar-refractivity contribution in [2.45, 2.75) is 12.8 Å². The number of para-hydroxylation sites is 2.